The zero-order chi connectivity index (χ0) is 15.6. The number of halogens is 4. The topological polar surface area (TPSA) is 23.6 Å². The summed E-state index contributed by atoms with van der Waals surface area (Å²) in [6, 6.07) is 1.96. The highest BCUT2D eigenvalue weighted by Crippen LogP contribution is 2.30. The van der Waals surface area contributed by atoms with E-state index < -0.39 is 23.3 Å². The highest BCUT2D eigenvalue weighted by molar-refractivity contribution is 5.97. The van der Waals surface area contributed by atoms with Crippen molar-refractivity contribution in [3.8, 4) is 0 Å². The normalized spacial score (nSPS) is 18.0. The van der Waals surface area contributed by atoms with Crippen molar-refractivity contribution in [1.82, 2.24) is 9.80 Å². The standard InChI is InChI=1S/C14H16F4N2O/c1-19-2-4-20(5-3-19)9-13(21)10-6-11(14(16,17)18)8-12(15)7-10/h6-8H,2-5,9H2,1H3. The first kappa shape index (κ1) is 15.9. The number of ketones is 1. The number of rotatable bonds is 3. The first-order valence-corrected chi connectivity index (χ1v) is 6.57. The second-order valence-electron chi connectivity index (χ2n) is 5.23. The number of carbonyl (C=O) groups is 1. The Morgan fingerprint density at radius 1 is 1.14 bits per heavy atom. The maximum absolute atomic E-state index is 13.3. The molecule has 0 unspecified atom stereocenters. The van der Waals surface area contributed by atoms with Crippen LogP contribution in [0.5, 0.6) is 0 Å². The molecule has 7 heteroatoms. The second kappa shape index (κ2) is 6.11. The van der Waals surface area contributed by atoms with Crippen LogP contribution in [0.1, 0.15) is 15.9 Å². The molecule has 0 atom stereocenters. The van der Waals surface area contributed by atoms with Crippen molar-refractivity contribution < 1.29 is 22.4 Å². The third kappa shape index (κ3) is 4.25. The van der Waals surface area contributed by atoms with Crippen molar-refractivity contribution in [2.45, 2.75) is 6.18 Å². The summed E-state index contributed by atoms with van der Waals surface area (Å²) in [7, 11) is 1.96. The van der Waals surface area contributed by atoms with Gasteiger partial charge in [0, 0.05) is 31.7 Å². The number of hydrogen-bond acceptors (Lipinski definition) is 3. The summed E-state index contributed by atoms with van der Waals surface area (Å²) in [4.78, 5) is 16.0. The van der Waals surface area contributed by atoms with E-state index in [9.17, 15) is 22.4 Å². The summed E-state index contributed by atoms with van der Waals surface area (Å²) in [5.74, 6) is -1.55. The van der Waals surface area contributed by atoms with Crippen LogP contribution in [0.2, 0.25) is 0 Å². The van der Waals surface area contributed by atoms with Crippen LogP contribution in [-0.4, -0.2) is 55.4 Å². The van der Waals surface area contributed by atoms with Crippen molar-refractivity contribution in [3.63, 3.8) is 0 Å². The molecule has 0 N–H and O–H groups in total. The molecule has 0 saturated carbocycles. The molecule has 1 aromatic rings. The third-order valence-electron chi connectivity index (χ3n) is 3.51. The maximum Gasteiger partial charge on any atom is 0.416 e. The van der Waals surface area contributed by atoms with Gasteiger partial charge >= 0.3 is 6.18 Å². The Balaban J connectivity index is 2.10. The van der Waals surface area contributed by atoms with E-state index in [0.29, 0.717) is 25.2 Å². The van der Waals surface area contributed by atoms with E-state index in [2.05, 4.69) is 4.90 Å². The summed E-state index contributed by atoms with van der Waals surface area (Å²) in [6.07, 6.45) is -4.66. The number of alkyl halides is 3. The summed E-state index contributed by atoms with van der Waals surface area (Å²) < 4.78 is 51.1. The molecule has 0 amide bonds. The molecule has 1 fully saturated rings. The fraction of sp³-hybridized carbons (Fsp3) is 0.500. The van der Waals surface area contributed by atoms with Gasteiger partial charge in [-0.2, -0.15) is 13.2 Å². The fourth-order valence-electron chi connectivity index (χ4n) is 2.21. The van der Waals surface area contributed by atoms with Crippen molar-refractivity contribution in [2.24, 2.45) is 0 Å². The molecule has 21 heavy (non-hydrogen) atoms. The predicted molar refractivity (Wildman–Crippen MR) is 69.7 cm³/mol. The summed E-state index contributed by atoms with van der Waals surface area (Å²) in [5.41, 5.74) is -1.37. The van der Waals surface area contributed by atoms with Gasteiger partial charge in [0.05, 0.1) is 12.1 Å². The first-order chi connectivity index (χ1) is 9.75. The van der Waals surface area contributed by atoms with E-state index in [1.807, 2.05) is 11.9 Å². The summed E-state index contributed by atoms with van der Waals surface area (Å²) in [6.45, 7) is 2.94. The molecule has 1 aromatic carbocycles. The van der Waals surface area contributed by atoms with Crippen LogP contribution in [-0.2, 0) is 6.18 Å². The van der Waals surface area contributed by atoms with Crippen LogP contribution in [0, 0.1) is 5.82 Å². The lowest BCUT2D eigenvalue weighted by Gasteiger charge is -2.31. The lowest BCUT2D eigenvalue weighted by Crippen LogP contribution is -2.46. The number of nitrogens with zero attached hydrogens (tertiary/aromatic N) is 2. The van der Waals surface area contributed by atoms with Gasteiger partial charge in [-0.05, 0) is 25.2 Å². The van der Waals surface area contributed by atoms with Gasteiger partial charge in [0.2, 0.25) is 0 Å². The molecule has 0 aliphatic carbocycles. The quantitative estimate of drug-likeness (QED) is 0.632. The molecule has 1 aliphatic rings. The van der Waals surface area contributed by atoms with E-state index in [1.165, 1.54) is 0 Å². The Morgan fingerprint density at radius 3 is 2.33 bits per heavy atom. The minimum absolute atomic E-state index is 0.00852. The molecule has 0 radical (unpaired) electrons. The van der Waals surface area contributed by atoms with Gasteiger partial charge < -0.3 is 4.90 Å². The Labute approximate surface area is 120 Å². The van der Waals surface area contributed by atoms with Crippen LogP contribution in [0.25, 0.3) is 0 Å². The number of likely N-dealkylation sites (N-methyl/N-ethyl adjacent to an activating group) is 1. The molecule has 0 bridgehead atoms. The van der Waals surface area contributed by atoms with Crippen LogP contribution >= 0.6 is 0 Å². The van der Waals surface area contributed by atoms with E-state index >= 15 is 0 Å². The monoisotopic (exact) mass is 304 g/mol. The fourth-order valence-corrected chi connectivity index (χ4v) is 2.21. The molecular weight excluding hydrogens is 288 g/mol. The van der Waals surface area contributed by atoms with Gasteiger partial charge in [0.15, 0.2) is 5.78 Å². The zero-order valence-corrected chi connectivity index (χ0v) is 11.6. The van der Waals surface area contributed by atoms with Gasteiger partial charge in [-0.25, -0.2) is 4.39 Å². The second-order valence-corrected chi connectivity index (χ2v) is 5.23. The average Bonchev–Trinajstić information content (AvgIpc) is 2.39. The average molecular weight is 304 g/mol. The highest BCUT2D eigenvalue weighted by Gasteiger charge is 2.32. The summed E-state index contributed by atoms with van der Waals surface area (Å²) >= 11 is 0. The van der Waals surface area contributed by atoms with E-state index in [4.69, 9.17) is 0 Å². The van der Waals surface area contributed by atoms with Crippen molar-refractivity contribution in [2.75, 3.05) is 39.8 Å². The molecule has 1 heterocycles. The van der Waals surface area contributed by atoms with Crippen LogP contribution < -0.4 is 0 Å². The third-order valence-corrected chi connectivity index (χ3v) is 3.51. The Hall–Kier alpha value is -1.47. The SMILES string of the molecule is CN1CCN(CC(=O)c2cc(F)cc(C(F)(F)F)c2)CC1. The highest BCUT2D eigenvalue weighted by atomic mass is 19.4. The largest absolute Gasteiger partial charge is 0.416 e. The molecular formula is C14H16F4N2O. The van der Waals surface area contributed by atoms with Crippen molar-refractivity contribution in [3.05, 3.63) is 35.1 Å². The van der Waals surface area contributed by atoms with Gasteiger partial charge in [0.1, 0.15) is 5.82 Å². The van der Waals surface area contributed by atoms with Crippen molar-refractivity contribution >= 4 is 5.78 Å². The molecule has 2 rings (SSSR count). The molecule has 1 aliphatic heterocycles. The zero-order valence-electron chi connectivity index (χ0n) is 11.6. The smallest absolute Gasteiger partial charge is 0.304 e. The molecule has 0 spiro atoms. The number of benzene rings is 1. The van der Waals surface area contributed by atoms with E-state index in [0.717, 1.165) is 19.2 Å². The molecule has 116 valence electrons. The number of piperazine rings is 1. The van der Waals surface area contributed by atoms with Crippen molar-refractivity contribution in [1.29, 1.82) is 0 Å². The van der Waals surface area contributed by atoms with E-state index in [1.54, 1.807) is 0 Å². The maximum atomic E-state index is 13.3. The molecule has 1 saturated heterocycles. The number of Topliss-reactive ketones (excluding diaryl/α,β-unsaturated/α-hetero) is 1. The number of hydrogen-bond donors (Lipinski definition) is 0. The van der Waals surface area contributed by atoms with Gasteiger partial charge in [-0.1, -0.05) is 0 Å². The minimum atomic E-state index is -4.66. The number of carbonyl (C=O) groups excluding carboxylic acids is 1. The van der Waals surface area contributed by atoms with Gasteiger partial charge in [-0.3, -0.25) is 9.69 Å². The van der Waals surface area contributed by atoms with Gasteiger partial charge in [-0.15, -0.1) is 0 Å². The van der Waals surface area contributed by atoms with Crippen LogP contribution in [0.3, 0.4) is 0 Å². The molecule has 0 aromatic heterocycles. The van der Waals surface area contributed by atoms with Crippen LogP contribution in [0.15, 0.2) is 18.2 Å². The van der Waals surface area contributed by atoms with Crippen LogP contribution in [0.4, 0.5) is 17.6 Å². The van der Waals surface area contributed by atoms with Gasteiger partial charge in [0.25, 0.3) is 0 Å². The minimum Gasteiger partial charge on any atom is -0.304 e. The van der Waals surface area contributed by atoms with E-state index in [-0.39, 0.29) is 12.1 Å². The Morgan fingerprint density at radius 2 is 1.76 bits per heavy atom. The predicted octanol–water partition coefficient (Wildman–Crippen LogP) is 2.27. The summed E-state index contributed by atoms with van der Waals surface area (Å²) in [5, 5.41) is 0. The first-order valence-electron chi connectivity index (χ1n) is 6.57. The molecule has 3 nitrogen and oxygen atoms in total. The Bertz CT molecular complexity index is 522. The lowest BCUT2D eigenvalue weighted by atomic mass is 10.1. The lowest BCUT2D eigenvalue weighted by molar-refractivity contribution is -0.137. The Kier molecular flexibility index (Phi) is 4.63.